The van der Waals surface area contributed by atoms with Crippen molar-refractivity contribution in [2.75, 3.05) is 19.7 Å². The second kappa shape index (κ2) is 9.24. The van der Waals surface area contributed by atoms with Crippen LogP contribution in [-0.4, -0.2) is 42.5 Å². The molecular formula is C17H26N4O3. The molecule has 1 atom stereocenters. The molecule has 2 amide bonds. The number of carbonyl (C=O) groups excluding carboxylic acids is 2. The standard InChI is InChI=1S/C17H26N4O3/c1-2-3-10-24-14-6-4-13(5-7-14)12-21-9-8-19-17(23)15(21)11-16(22)20-18/h4-7,15H,2-3,8-12,18H2,1H3,(H,19,23)(H,20,22). The van der Waals surface area contributed by atoms with Crippen LogP contribution in [0.3, 0.4) is 0 Å². The van der Waals surface area contributed by atoms with Crippen molar-refractivity contribution < 1.29 is 14.3 Å². The molecule has 0 aromatic heterocycles. The number of nitrogens with one attached hydrogen (secondary N) is 2. The Bertz CT molecular complexity index is 547. The van der Waals surface area contributed by atoms with Crippen molar-refractivity contribution in [2.24, 2.45) is 5.84 Å². The number of nitrogens with two attached hydrogens (primary N) is 1. The number of carbonyl (C=O) groups is 2. The highest BCUT2D eigenvalue weighted by molar-refractivity contribution is 5.88. The summed E-state index contributed by atoms with van der Waals surface area (Å²) >= 11 is 0. The van der Waals surface area contributed by atoms with Crippen molar-refractivity contribution in [1.29, 1.82) is 0 Å². The summed E-state index contributed by atoms with van der Waals surface area (Å²) in [4.78, 5) is 25.6. The summed E-state index contributed by atoms with van der Waals surface area (Å²) in [5, 5.41) is 2.79. The Labute approximate surface area is 142 Å². The van der Waals surface area contributed by atoms with Gasteiger partial charge in [0.15, 0.2) is 0 Å². The Kier molecular flexibility index (Phi) is 7.02. The summed E-state index contributed by atoms with van der Waals surface area (Å²) in [6, 6.07) is 7.37. The fraction of sp³-hybridized carbons (Fsp3) is 0.529. The Morgan fingerprint density at radius 1 is 1.42 bits per heavy atom. The van der Waals surface area contributed by atoms with Gasteiger partial charge in [-0.05, 0) is 24.1 Å². The lowest BCUT2D eigenvalue weighted by molar-refractivity contribution is -0.134. The fourth-order valence-corrected chi connectivity index (χ4v) is 2.67. The maximum absolute atomic E-state index is 12.1. The number of unbranched alkanes of at least 4 members (excludes halogenated alkanes) is 1. The molecule has 1 aliphatic heterocycles. The third kappa shape index (κ3) is 5.21. The van der Waals surface area contributed by atoms with Crippen LogP contribution in [0.1, 0.15) is 31.7 Å². The van der Waals surface area contributed by atoms with Crippen molar-refractivity contribution in [2.45, 2.75) is 38.8 Å². The number of rotatable bonds is 8. The molecule has 0 bridgehead atoms. The largest absolute Gasteiger partial charge is 0.494 e. The minimum absolute atomic E-state index is 0.0561. The van der Waals surface area contributed by atoms with Crippen LogP contribution in [0.4, 0.5) is 0 Å². The molecule has 7 heteroatoms. The van der Waals surface area contributed by atoms with Crippen LogP contribution in [0.25, 0.3) is 0 Å². The van der Waals surface area contributed by atoms with E-state index in [-0.39, 0.29) is 18.2 Å². The zero-order valence-electron chi connectivity index (χ0n) is 14.1. The van der Waals surface area contributed by atoms with Gasteiger partial charge in [-0.15, -0.1) is 0 Å². The fourth-order valence-electron chi connectivity index (χ4n) is 2.67. The molecule has 1 aromatic carbocycles. The number of hydrogen-bond acceptors (Lipinski definition) is 5. The molecule has 1 heterocycles. The SMILES string of the molecule is CCCCOc1ccc(CN2CCNC(=O)C2CC(=O)NN)cc1. The van der Waals surface area contributed by atoms with Gasteiger partial charge in [0, 0.05) is 19.6 Å². The van der Waals surface area contributed by atoms with E-state index in [0.29, 0.717) is 19.6 Å². The molecule has 2 rings (SSSR count). The van der Waals surface area contributed by atoms with Gasteiger partial charge in [0.25, 0.3) is 0 Å². The van der Waals surface area contributed by atoms with Crippen LogP contribution in [-0.2, 0) is 16.1 Å². The minimum atomic E-state index is -0.497. The van der Waals surface area contributed by atoms with E-state index in [1.807, 2.05) is 29.2 Å². The highest BCUT2D eigenvalue weighted by Crippen LogP contribution is 2.17. The van der Waals surface area contributed by atoms with Gasteiger partial charge in [-0.2, -0.15) is 0 Å². The predicted molar refractivity (Wildman–Crippen MR) is 91.0 cm³/mol. The average molecular weight is 334 g/mol. The van der Waals surface area contributed by atoms with Gasteiger partial charge >= 0.3 is 0 Å². The number of hydrazine groups is 1. The Hall–Kier alpha value is -2.12. The third-order valence-electron chi connectivity index (χ3n) is 4.06. The van der Waals surface area contributed by atoms with E-state index in [1.54, 1.807) is 0 Å². The first-order valence-corrected chi connectivity index (χ1v) is 8.37. The lowest BCUT2D eigenvalue weighted by atomic mass is 10.1. The number of piperazine rings is 1. The summed E-state index contributed by atoms with van der Waals surface area (Å²) in [6.07, 6.45) is 2.20. The van der Waals surface area contributed by atoms with E-state index in [1.165, 1.54) is 0 Å². The van der Waals surface area contributed by atoms with E-state index in [0.717, 1.165) is 30.8 Å². The van der Waals surface area contributed by atoms with Crippen LogP contribution >= 0.6 is 0 Å². The molecule has 0 spiro atoms. The zero-order chi connectivity index (χ0) is 17.4. The summed E-state index contributed by atoms with van der Waals surface area (Å²) in [7, 11) is 0. The van der Waals surface area contributed by atoms with Gasteiger partial charge in [-0.3, -0.25) is 19.9 Å². The van der Waals surface area contributed by atoms with Crippen LogP contribution in [0, 0.1) is 0 Å². The van der Waals surface area contributed by atoms with E-state index in [9.17, 15) is 9.59 Å². The second-order valence-corrected chi connectivity index (χ2v) is 5.89. The highest BCUT2D eigenvalue weighted by atomic mass is 16.5. The third-order valence-corrected chi connectivity index (χ3v) is 4.06. The first-order valence-electron chi connectivity index (χ1n) is 8.37. The highest BCUT2D eigenvalue weighted by Gasteiger charge is 2.31. The zero-order valence-corrected chi connectivity index (χ0v) is 14.1. The maximum Gasteiger partial charge on any atom is 0.237 e. The monoisotopic (exact) mass is 334 g/mol. The lowest BCUT2D eigenvalue weighted by Crippen LogP contribution is -2.56. The van der Waals surface area contributed by atoms with Gasteiger partial charge in [-0.1, -0.05) is 25.5 Å². The topological polar surface area (TPSA) is 96.7 Å². The molecule has 0 radical (unpaired) electrons. The molecule has 4 N–H and O–H groups in total. The molecule has 1 saturated heterocycles. The molecule has 7 nitrogen and oxygen atoms in total. The van der Waals surface area contributed by atoms with Gasteiger partial charge < -0.3 is 10.1 Å². The Morgan fingerprint density at radius 2 is 2.17 bits per heavy atom. The normalized spacial score (nSPS) is 18.1. The molecule has 1 fully saturated rings. The van der Waals surface area contributed by atoms with E-state index in [4.69, 9.17) is 10.6 Å². The predicted octanol–water partition coefficient (Wildman–Crippen LogP) is 0.546. The summed E-state index contributed by atoms with van der Waals surface area (Å²) < 4.78 is 5.65. The molecule has 1 aliphatic rings. The summed E-state index contributed by atoms with van der Waals surface area (Å²) in [6.45, 7) is 4.73. The lowest BCUT2D eigenvalue weighted by Gasteiger charge is -2.34. The summed E-state index contributed by atoms with van der Waals surface area (Å²) in [5.41, 5.74) is 3.16. The number of amides is 2. The molecule has 0 saturated carbocycles. The first-order chi connectivity index (χ1) is 11.6. The van der Waals surface area contributed by atoms with Crippen molar-refractivity contribution in [3.63, 3.8) is 0 Å². The molecule has 1 aromatic rings. The maximum atomic E-state index is 12.1. The van der Waals surface area contributed by atoms with Crippen molar-refractivity contribution in [3.05, 3.63) is 29.8 Å². The van der Waals surface area contributed by atoms with Crippen LogP contribution in [0.15, 0.2) is 24.3 Å². The van der Waals surface area contributed by atoms with Crippen molar-refractivity contribution >= 4 is 11.8 Å². The molecule has 132 valence electrons. The number of benzene rings is 1. The van der Waals surface area contributed by atoms with Crippen molar-refractivity contribution in [1.82, 2.24) is 15.6 Å². The van der Waals surface area contributed by atoms with Crippen LogP contribution < -0.4 is 21.3 Å². The second-order valence-electron chi connectivity index (χ2n) is 5.89. The van der Waals surface area contributed by atoms with Crippen molar-refractivity contribution in [3.8, 4) is 5.75 Å². The van der Waals surface area contributed by atoms with Gasteiger partial charge in [0.1, 0.15) is 5.75 Å². The van der Waals surface area contributed by atoms with Crippen LogP contribution in [0.2, 0.25) is 0 Å². The number of nitrogens with zero attached hydrogens (tertiary/aromatic N) is 1. The number of hydrogen-bond donors (Lipinski definition) is 3. The van der Waals surface area contributed by atoms with Gasteiger partial charge in [0.2, 0.25) is 11.8 Å². The first kappa shape index (κ1) is 18.2. The quantitative estimate of drug-likeness (QED) is 0.279. The summed E-state index contributed by atoms with van der Waals surface area (Å²) in [5.74, 6) is 5.50. The minimum Gasteiger partial charge on any atom is -0.494 e. The molecular weight excluding hydrogens is 308 g/mol. The smallest absolute Gasteiger partial charge is 0.237 e. The van der Waals surface area contributed by atoms with E-state index in [2.05, 4.69) is 17.7 Å². The van der Waals surface area contributed by atoms with Gasteiger partial charge in [-0.25, -0.2) is 5.84 Å². The van der Waals surface area contributed by atoms with E-state index < -0.39 is 6.04 Å². The Balaban J connectivity index is 1.96. The molecule has 1 unspecified atom stereocenters. The average Bonchev–Trinajstić information content (AvgIpc) is 2.59. The van der Waals surface area contributed by atoms with Gasteiger partial charge in [0.05, 0.1) is 19.1 Å². The van der Waals surface area contributed by atoms with Crippen LogP contribution in [0.5, 0.6) is 5.75 Å². The number of ether oxygens (including phenoxy) is 1. The molecule has 24 heavy (non-hydrogen) atoms. The Morgan fingerprint density at radius 3 is 2.83 bits per heavy atom. The van der Waals surface area contributed by atoms with E-state index >= 15 is 0 Å². The molecule has 0 aliphatic carbocycles.